The number of aliphatic imine (C=N–C) groups is 1. The van der Waals surface area contributed by atoms with E-state index >= 15 is 0 Å². The molecule has 0 aliphatic carbocycles. The van der Waals surface area contributed by atoms with Crippen LogP contribution in [0.1, 0.15) is 28.4 Å². The smallest absolute Gasteiger partial charge is 0.253 e. The lowest BCUT2D eigenvalue weighted by atomic mass is 10.0. The van der Waals surface area contributed by atoms with E-state index in [1.165, 1.54) is 16.3 Å². The summed E-state index contributed by atoms with van der Waals surface area (Å²) in [6.45, 7) is 4.35. The minimum atomic E-state index is 0.0261. The second-order valence-electron chi connectivity index (χ2n) is 7.73. The van der Waals surface area contributed by atoms with E-state index in [0.29, 0.717) is 0 Å². The first-order valence-electron chi connectivity index (χ1n) is 10.9. The molecular formula is C26H32N4O. The Morgan fingerprint density at radius 2 is 1.71 bits per heavy atom. The van der Waals surface area contributed by atoms with Crippen molar-refractivity contribution in [2.24, 2.45) is 4.99 Å². The molecule has 0 spiro atoms. The molecule has 0 saturated heterocycles. The third-order valence-corrected chi connectivity index (χ3v) is 5.16. The number of nitrogens with one attached hydrogen (secondary N) is 2. The molecule has 0 fully saturated rings. The van der Waals surface area contributed by atoms with Gasteiger partial charge < -0.3 is 15.5 Å². The minimum absolute atomic E-state index is 0.0261. The predicted molar refractivity (Wildman–Crippen MR) is 130 cm³/mol. The van der Waals surface area contributed by atoms with E-state index in [1.54, 1.807) is 19.0 Å². The maximum Gasteiger partial charge on any atom is 0.253 e. The Hall–Kier alpha value is -3.34. The lowest BCUT2D eigenvalue weighted by Gasteiger charge is -2.13. The van der Waals surface area contributed by atoms with Gasteiger partial charge in [0.1, 0.15) is 0 Å². The Bertz CT molecular complexity index is 1040. The molecule has 5 heteroatoms. The van der Waals surface area contributed by atoms with E-state index in [4.69, 9.17) is 4.99 Å². The van der Waals surface area contributed by atoms with Crippen LogP contribution in [0.25, 0.3) is 10.8 Å². The summed E-state index contributed by atoms with van der Waals surface area (Å²) in [5.74, 6) is 0.849. The zero-order valence-corrected chi connectivity index (χ0v) is 18.7. The number of nitrogens with zero attached hydrogens (tertiary/aromatic N) is 2. The third-order valence-electron chi connectivity index (χ3n) is 5.16. The predicted octanol–water partition coefficient (Wildman–Crippen LogP) is 3.88. The van der Waals surface area contributed by atoms with Crippen LogP contribution in [0.15, 0.2) is 71.7 Å². The van der Waals surface area contributed by atoms with Crippen molar-refractivity contribution in [2.75, 3.05) is 33.7 Å². The SMILES string of the molecule is CCNC(=NCCc1cccc2ccccc12)NCCc1cccc(C(=O)N(C)C)c1. The van der Waals surface area contributed by atoms with E-state index in [-0.39, 0.29) is 5.91 Å². The van der Waals surface area contributed by atoms with Gasteiger partial charge in [-0.3, -0.25) is 9.79 Å². The summed E-state index contributed by atoms with van der Waals surface area (Å²) in [5, 5.41) is 9.29. The fourth-order valence-corrected chi connectivity index (χ4v) is 3.58. The monoisotopic (exact) mass is 416 g/mol. The van der Waals surface area contributed by atoms with Crippen LogP contribution in [0.4, 0.5) is 0 Å². The molecule has 0 saturated carbocycles. The second kappa shape index (κ2) is 11.2. The molecule has 2 N–H and O–H groups in total. The molecule has 1 amide bonds. The number of carbonyl (C=O) groups excluding carboxylic acids is 1. The van der Waals surface area contributed by atoms with Crippen LogP contribution in [0.2, 0.25) is 0 Å². The van der Waals surface area contributed by atoms with E-state index in [9.17, 15) is 4.79 Å². The number of guanidine groups is 1. The molecule has 0 heterocycles. The molecule has 0 atom stereocenters. The molecule has 3 aromatic carbocycles. The summed E-state index contributed by atoms with van der Waals surface area (Å²) >= 11 is 0. The van der Waals surface area contributed by atoms with Gasteiger partial charge in [0.2, 0.25) is 0 Å². The van der Waals surface area contributed by atoms with Crippen molar-refractivity contribution >= 4 is 22.6 Å². The number of rotatable bonds is 8. The van der Waals surface area contributed by atoms with Crippen LogP contribution >= 0.6 is 0 Å². The van der Waals surface area contributed by atoms with Crippen molar-refractivity contribution < 1.29 is 4.79 Å². The van der Waals surface area contributed by atoms with Crippen molar-refractivity contribution in [3.8, 4) is 0 Å². The summed E-state index contributed by atoms with van der Waals surface area (Å²) in [4.78, 5) is 18.5. The molecule has 0 radical (unpaired) electrons. The van der Waals surface area contributed by atoms with Crippen molar-refractivity contribution in [1.82, 2.24) is 15.5 Å². The number of hydrogen-bond acceptors (Lipinski definition) is 2. The minimum Gasteiger partial charge on any atom is -0.357 e. The number of benzene rings is 3. The normalized spacial score (nSPS) is 11.4. The molecule has 31 heavy (non-hydrogen) atoms. The van der Waals surface area contributed by atoms with Crippen LogP contribution in [0, 0.1) is 0 Å². The quantitative estimate of drug-likeness (QED) is 0.433. The van der Waals surface area contributed by atoms with Gasteiger partial charge in [-0.05, 0) is 53.8 Å². The first-order valence-corrected chi connectivity index (χ1v) is 10.9. The number of hydrogen-bond donors (Lipinski definition) is 2. The van der Waals surface area contributed by atoms with Crippen LogP contribution in [-0.4, -0.2) is 50.5 Å². The molecule has 0 aliphatic heterocycles. The van der Waals surface area contributed by atoms with Crippen molar-refractivity contribution in [3.63, 3.8) is 0 Å². The Morgan fingerprint density at radius 1 is 0.935 bits per heavy atom. The lowest BCUT2D eigenvalue weighted by molar-refractivity contribution is 0.0827. The lowest BCUT2D eigenvalue weighted by Crippen LogP contribution is -2.38. The highest BCUT2D eigenvalue weighted by Gasteiger charge is 2.08. The van der Waals surface area contributed by atoms with Crippen molar-refractivity contribution in [3.05, 3.63) is 83.4 Å². The maximum absolute atomic E-state index is 12.2. The van der Waals surface area contributed by atoms with Gasteiger partial charge in [-0.1, -0.05) is 54.6 Å². The summed E-state index contributed by atoms with van der Waals surface area (Å²) in [5.41, 5.74) is 3.17. The Morgan fingerprint density at radius 3 is 2.52 bits per heavy atom. The summed E-state index contributed by atoms with van der Waals surface area (Å²) < 4.78 is 0. The molecular weight excluding hydrogens is 384 g/mol. The largest absolute Gasteiger partial charge is 0.357 e. The first kappa shape index (κ1) is 22.3. The Labute approximate surface area is 185 Å². The molecule has 0 bridgehead atoms. The van der Waals surface area contributed by atoms with Gasteiger partial charge in [0.15, 0.2) is 5.96 Å². The van der Waals surface area contributed by atoms with Gasteiger partial charge >= 0.3 is 0 Å². The Balaban J connectivity index is 1.57. The zero-order valence-electron chi connectivity index (χ0n) is 18.7. The highest BCUT2D eigenvalue weighted by atomic mass is 16.2. The van der Waals surface area contributed by atoms with Crippen molar-refractivity contribution in [1.29, 1.82) is 0 Å². The van der Waals surface area contributed by atoms with Gasteiger partial charge in [-0.25, -0.2) is 0 Å². The number of fused-ring (bicyclic) bond motifs is 1. The van der Waals surface area contributed by atoms with Gasteiger partial charge in [-0.2, -0.15) is 0 Å². The molecule has 0 aromatic heterocycles. The molecule has 3 rings (SSSR count). The van der Waals surface area contributed by atoms with Crippen LogP contribution in [0.5, 0.6) is 0 Å². The van der Waals surface area contributed by atoms with Gasteiger partial charge in [0.25, 0.3) is 5.91 Å². The molecule has 0 unspecified atom stereocenters. The van der Waals surface area contributed by atoms with Gasteiger partial charge in [-0.15, -0.1) is 0 Å². The molecule has 3 aromatic rings. The Kier molecular flexibility index (Phi) is 8.05. The van der Waals surface area contributed by atoms with Crippen LogP contribution in [0.3, 0.4) is 0 Å². The highest BCUT2D eigenvalue weighted by molar-refractivity contribution is 5.94. The second-order valence-corrected chi connectivity index (χ2v) is 7.73. The number of carbonyl (C=O) groups is 1. The van der Waals surface area contributed by atoms with E-state index < -0.39 is 0 Å². The summed E-state index contributed by atoms with van der Waals surface area (Å²) in [7, 11) is 3.54. The highest BCUT2D eigenvalue weighted by Crippen LogP contribution is 2.18. The van der Waals surface area contributed by atoms with Crippen LogP contribution in [-0.2, 0) is 12.8 Å². The van der Waals surface area contributed by atoms with E-state index in [2.05, 4.69) is 66.1 Å². The molecule has 5 nitrogen and oxygen atoms in total. The number of amides is 1. The van der Waals surface area contributed by atoms with Gasteiger partial charge in [0.05, 0.1) is 0 Å². The first-order chi connectivity index (χ1) is 15.1. The van der Waals surface area contributed by atoms with Crippen LogP contribution < -0.4 is 10.6 Å². The van der Waals surface area contributed by atoms with E-state index in [0.717, 1.165) is 49.6 Å². The topological polar surface area (TPSA) is 56.7 Å². The molecule has 0 aliphatic rings. The maximum atomic E-state index is 12.2. The van der Waals surface area contributed by atoms with Crippen molar-refractivity contribution in [2.45, 2.75) is 19.8 Å². The standard InChI is InChI=1S/C26H32N4O/c1-4-27-26(28-17-15-20-9-7-13-23(19-20)25(31)30(2)3)29-18-16-22-12-8-11-21-10-5-6-14-24(21)22/h5-14,19H,4,15-18H2,1-3H3,(H2,27,28,29). The summed E-state index contributed by atoms with van der Waals surface area (Å²) in [6.07, 6.45) is 1.72. The zero-order chi connectivity index (χ0) is 22.1. The fourth-order valence-electron chi connectivity index (χ4n) is 3.58. The van der Waals surface area contributed by atoms with Gasteiger partial charge in [0, 0.05) is 39.3 Å². The van der Waals surface area contributed by atoms with E-state index in [1.807, 2.05) is 18.2 Å². The fraction of sp³-hybridized carbons (Fsp3) is 0.308. The average Bonchev–Trinajstić information content (AvgIpc) is 2.79. The average molecular weight is 417 g/mol. The third kappa shape index (κ3) is 6.32. The molecule has 162 valence electrons. The summed E-state index contributed by atoms with van der Waals surface area (Å²) in [6, 6.07) is 22.7.